The van der Waals surface area contributed by atoms with E-state index in [2.05, 4.69) is 20.7 Å². The number of ether oxygens (including phenoxy) is 1. The number of hydrogen-bond acceptors (Lipinski definition) is 3. The van der Waals surface area contributed by atoms with Gasteiger partial charge in [-0.05, 0) is 79.6 Å². The molecule has 4 nitrogen and oxygen atoms in total. The van der Waals surface area contributed by atoms with E-state index in [1.807, 2.05) is 32.0 Å². The molecule has 0 spiro atoms. The first kappa shape index (κ1) is 18.5. The van der Waals surface area contributed by atoms with Crippen molar-refractivity contribution in [3.05, 3.63) is 82.3 Å². The van der Waals surface area contributed by atoms with Crippen LogP contribution in [-0.4, -0.2) is 8.42 Å². The second kappa shape index (κ2) is 7.51. The molecule has 3 aromatic rings. The van der Waals surface area contributed by atoms with Crippen LogP contribution in [0.4, 0.5) is 5.69 Å². The summed E-state index contributed by atoms with van der Waals surface area (Å²) in [5.41, 5.74) is 2.63. The molecule has 0 unspecified atom stereocenters. The van der Waals surface area contributed by atoms with Gasteiger partial charge >= 0.3 is 0 Å². The summed E-state index contributed by atoms with van der Waals surface area (Å²) < 4.78 is 34.1. The molecule has 0 aliphatic heterocycles. The fourth-order valence-electron chi connectivity index (χ4n) is 2.36. The molecule has 6 heteroatoms. The molecule has 0 saturated heterocycles. The summed E-state index contributed by atoms with van der Waals surface area (Å²) in [6.45, 7) is 3.99. The Morgan fingerprint density at radius 1 is 0.885 bits per heavy atom. The van der Waals surface area contributed by atoms with Gasteiger partial charge in [-0.15, -0.1) is 0 Å². The van der Waals surface area contributed by atoms with Crippen LogP contribution in [0, 0.1) is 13.8 Å². The van der Waals surface area contributed by atoms with Crippen molar-refractivity contribution in [2.45, 2.75) is 18.7 Å². The van der Waals surface area contributed by atoms with Crippen molar-refractivity contribution in [1.82, 2.24) is 0 Å². The number of benzene rings is 3. The zero-order valence-corrected chi connectivity index (χ0v) is 16.8. The van der Waals surface area contributed by atoms with E-state index in [9.17, 15) is 8.42 Å². The monoisotopic (exact) mass is 431 g/mol. The standard InChI is InChI=1S/C20H18BrNO3S/c1-14-3-4-15(2)20(13-14)25-18-9-7-17(8-10-18)22-26(23,24)19-11-5-16(21)6-12-19/h3-13,22H,1-2H3. The van der Waals surface area contributed by atoms with E-state index in [4.69, 9.17) is 4.74 Å². The summed E-state index contributed by atoms with van der Waals surface area (Å²) in [4.78, 5) is 0.205. The van der Waals surface area contributed by atoms with Crippen molar-refractivity contribution in [2.75, 3.05) is 4.72 Å². The van der Waals surface area contributed by atoms with E-state index in [1.54, 1.807) is 48.5 Å². The van der Waals surface area contributed by atoms with E-state index in [0.29, 0.717) is 11.4 Å². The van der Waals surface area contributed by atoms with Gasteiger partial charge in [-0.25, -0.2) is 8.42 Å². The van der Waals surface area contributed by atoms with Gasteiger partial charge in [0.2, 0.25) is 0 Å². The Bertz CT molecular complexity index is 1010. The van der Waals surface area contributed by atoms with Crippen molar-refractivity contribution >= 4 is 31.6 Å². The number of rotatable bonds is 5. The van der Waals surface area contributed by atoms with Crippen LogP contribution in [0.25, 0.3) is 0 Å². The highest BCUT2D eigenvalue weighted by Crippen LogP contribution is 2.27. The van der Waals surface area contributed by atoms with Gasteiger partial charge in [0.25, 0.3) is 10.0 Å². The van der Waals surface area contributed by atoms with Gasteiger partial charge in [-0.1, -0.05) is 28.1 Å². The normalized spacial score (nSPS) is 11.2. The lowest BCUT2D eigenvalue weighted by atomic mass is 10.1. The van der Waals surface area contributed by atoms with E-state index >= 15 is 0 Å². The lowest BCUT2D eigenvalue weighted by molar-refractivity contribution is 0.478. The first-order valence-electron chi connectivity index (χ1n) is 7.97. The zero-order valence-electron chi connectivity index (χ0n) is 14.4. The van der Waals surface area contributed by atoms with Crippen LogP contribution >= 0.6 is 15.9 Å². The molecule has 0 aromatic heterocycles. The molecule has 0 aliphatic carbocycles. The Labute approximate surface area is 162 Å². The summed E-state index contributed by atoms with van der Waals surface area (Å²) in [7, 11) is -3.63. The van der Waals surface area contributed by atoms with Gasteiger partial charge in [0.05, 0.1) is 4.90 Å². The fourth-order valence-corrected chi connectivity index (χ4v) is 3.69. The van der Waals surface area contributed by atoms with E-state index in [0.717, 1.165) is 21.3 Å². The molecular formula is C20H18BrNO3S. The Morgan fingerprint density at radius 2 is 1.54 bits per heavy atom. The Balaban J connectivity index is 1.75. The van der Waals surface area contributed by atoms with Crippen LogP contribution < -0.4 is 9.46 Å². The molecular weight excluding hydrogens is 414 g/mol. The van der Waals surface area contributed by atoms with Crippen LogP contribution in [0.5, 0.6) is 11.5 Å². The zero-order chi connectivity index (χ0) is 18.7. The van der Waals surface area contributed by atoms with Crippen LogP contribution in [-0.2, 0) is 10.0 Å². The smallest absolute Gasteiger partial charge is 0.261 e. The first-order chi connectivity index (χ1) is 12.3. The molecule has 0 bridgehead atoms. The minimum atomic E-state index is -3.63. The van der Waals surface area contributed by atoms with Crippen LogP contribution in [0.3, 0.4) is 0 Å². The van der Waals surface area contributed by atoms with Crippen molar-refractivity contribution in [1.29, 1.82) is 0 Å². The van der Waals surface area contributed by atoms with Crippen LogP contribution in [0.1, 0.15) is 11.1 Å². The molecule has 0 saturated carbocycles. The lowest BCUT2D eigenvalue weighted by Gasteiger charge is -2.11. The Hall–Kier alpha value is -2.31. The quantitative estimate of drug-likeness (QED) is 0.566. The first-order valence-corrected chi connectivity index (χ1v) is 10.2. The maximum Gasteiger partial charge on any atom is 0.261 e. The second-order valence-electron chi connectivity index (χ2n) is 5.95. The predicted octanol–water partition coefficient (Wildman–Crippen LogP) is 5.66. The Kier molecular flexibility index (Phi) is 5.34. The molecule has 3 rings (SSSR count). The largest absolute Gasteiger partial charge is 0.457 e. The number of anilines is 1. The molecule has 0 amide bonds. The maximum absolute atomic E-state index is 12.4. The highest BCUT2D eigenvalue weighted by Gasteiger charge is 2.14. The highest BCUT2D eigenvalue weighted by molar-refractivity contribution is 9.10. The summed E-state index contributed by atoms with van der Waals surface area (Å²) in [6, 6.07) is 19.3. The average molecular weight is 432 g/mol. The molecule has 0 radical (unpaired) electrons. The van der Waals surface area contributed by atoms with E-state index in [-0.39, 0.29) is 4.90 Å². The van der Waals surface area contributed by atoms with Gasteiger partial charge in [0.15, 0.2) is 0 Å². The van der Waals surface area contributed by atoms with Crippen molar-refractivity contribution in [2.24, 2.45) is 0 Å². The minimum absolute atomic E-state index is 0.205. The lowest BCUT2D eigenvalue weighted by Crippen LogP contribution is -2.12. The highest BCUT2D eigenvalue weighted by atomic mass is 79.9. The molecule has 0 fully saturated rings. The molecule has 134 valence electrons. The van der Waals surface area contributed by atoms with Crippen LogP contribution in [0.2, 0.25) is 0 Å². The topological polar surface area (TPSA) is 55.4 Å². The molecule has 0 heterocycles. The maximum atomic E-state index is 12.4. The number of hydrogen-bond donors (Lipinski definition) is 1. The third kappa shape index (κ3) is 4.45. The molecule has 3 aromatic carbocycles. The molecule has 0 aliphatic rings. The predicted molar refractivity (Wildman–Crippen MR) is 107 cm³/mol. The van der Waals surface area contributed by atoms with Crippen molar-refractivity contribution < 1.29 is 13.2 Å². The SMILES string of the molecule is Cc1ccc(C)c(Oc2ccc(NS(=O)(=O)c3ccc(Br)cc3)cc2)c1. The number of sulfonamides is 1. The molecule has 0 atom stereocenters. The summed E-state index contributed by atoms with van der Waals surface area (Å²) in [5.74, 6) is 1.43. The number of aryl methyl sites for hydroxylation is 2. The second-order valence-corrected chi connectivity index (χ2v) is 8.55. The van der Waals surface area contributed by atoms with Crippen molar-refractivity contribution in [3.63, 3.8) is 0 Å². The van der Waals surface area contributed by atoms with Gasteiger partial charge < -0.3 is 4.74 Å². The summed E-state index contributed by atoms with van der Waals surface area (Å²) >= 11 is 3.29. The van der Waals surface area contributed by atoms with Crippen LogP contribution in [0.15, 0.2) is 76.1 Å². The molecule has 26 heavy (non-hydrogen) atoms. The minimum Gasteiger partial charge on any atom is -0.457 e. The third-order valence-corrected chi connectivity index (χ3v) is 5.73. The fraction of sp³-hybridized carbons (Fsp3) is 0.100. The van der Waals surface area contributed by atoms with Gasteiger partial charge in [-0.2, -0.15) is 0 Å². The summed E-state index contributed by atoms with van der Waals surface area (Å²) in [6.07, 6.45) is 0. The number of halogens is 1. The molecule has 1 N–H and O–H groups in total. The van der Waals surface area contributed by atoms with Gasteiger partial charge in [0.1, 0.15) is 11.5 Å². The average Bonchev–Trinajstić information content (AvgIpc) is 2.60. The Morgan fingerprint density at radius 3 is 2.19 bits per heavy atom. The van der Waals surface area contributed by atoms with Gasteiger partial charge in [-0.3, -0.25) is 4.72 Å². The third-order valence-electron chi connectivity index (χ3n) is 3.80. The van der Waals surface area contributed by atoms with E-state index < -0.39 is 10.0 Å². The van der Waals surface area contributed by atoms with Crippen molar-refractivity contribution in [3.8, 4) is 11.5 Å². The summed E-state index contributed by atoms with van der Waals surface area (Å²) in [5, 5.41) is 0. The number of nitrogens with one attached hydrogen (secondary N) is 1. The van der Waals surface area contributed by atoms with Gasteiger partial charge in [0, 0.05) is 10.2 Å². The van der Waals surface area contributed by atoms with E-state index in [1.165, 1.54) is 0 Å².